The first-order valence-corrected chi connectivity index (χ1v) is 5.78. The van der Waals surface area contributed by atoms with E-state index in [0.717, 1.165) is 12.0 Å². The lowest BCUT2D eigenvalue weighted by Crippen LogP contribution is -2.34. The summed E-state index contributed by atoms with van der Waals surface area (Å²) in [6, 6.07) is 6.58. The van der Waals surface area contributed by atoms with Gasteiger partial charge in [-0.3, -0.25) is 5.21 Å². The molecular weight excluding hydrogens is 216 g/mol. The van der Waals surface area contributed by atoms with Gasteiger partial charge in [0.05, 0.1) is 6.04 Å². The molecule has 0 radical (unpaired) electrons. The number of primary amides is 1. The van der Waals surface area contributed by atoms with Crippen molar-refractivity contribution in [2.75, 3.05) is 0 Å². The highest BCUT2D eigenvalue weighted by Crippen LogP contribution is 2.19. The fourth-order valence-corrected chi connectivity index (χ4v) is 1.74. The molecule has 4 nitrogen and oxygen atoms in total. The normalized spacial score (nSPS) is 12.5. The zero-order valence-corrected chi connectivity index (χ0v) is 10.6. The summed E-state index contributed by atoms with van der Waals surface area (Å²) in [6.07, 6.45) is 1.02. The monoisotopic (exact) mass is 236 g/mol. The topological polar surface area (TPSA) is 66.6 Å². The molecule has 0 fully saturated rings. The van der Waals surface area contributed by atoms with E-state index in [0.29, 0.717) is 11.0 Å². The summed E-state index contributed by atoms with van der Waals surface area (Å²) in [7, 11) is 0. The third-order valence-electron chi connectivity index (χ3n) is 2.70. The first kappa shape index (κ1) is 13.5. The Balaban J connectivity index is 2.76. The third kappa shape index (κ3) is 3.75. The van der Waals surface area contributed by atoms with Crippen LogP contribution in [0, 0.1) is 5.92 Å². The summed E-state index contributed by atoms with van der Waals surface area (Å²) >= 11 is 0. The standard InChI is InChI=1S/C13H20N2O2/c1-9(2)8-11-4-6-12(7-5-11)10(3)15(17)13(14)16/h4-7,9-10,17H,8H2,1-3H3,(H2,14,16)/t10-/m1/s1. The smallest absolute Gasteiger partial charge is 0.339 e. The highest BCUT2D eigenvalue weighted by atomic mass is 16.5. The molecule has 0 aliphatic rings. The second-order valence-corrected chi connectivity index (χ2v) is 4.70. The van der Waals surface area contributed by atoms with Crippen LogP contribution in [0.5, 0.6) is 0 Å². The van der Waals surface area contributed by atoms with Crippen LogP contribution in [-0.4, -0.2) is 16.3 Å². The van der Waals surface area contributed by atoms with Crippen LogP contribution in [0.3, 0.4) is 0 Å². The Kier molecular flexibility index (Phi) is 4.52. The van der Waals surface area contributed by atoms with Crippen molar-refractivity contribution in [2.24, 2.45) is 11.7 Å². The average molecular weight is 236 g/mol. The van der Waals surface area contributed by atoms with E-state index in [2.05, 4.69) is 13.8 Å². The molecule has 3 N–H and O–H groups in total. The van der Waals surface area contributed by atoms with Crippen molar-refractivity contribution in [1.29, 1.82) is 0 Å². The maximum atomic E-state index is 10.8. The number of carbonyl (C=O) groups excluding carboxylic acids is 1. The molecule has 0 bridgehead atoms. The molecule has 1 aromatic carbocycles. The number of benzene rings is 1. The number of hydroxylamine groups is 2. The maximum absolute atomic E-state index is 10.8. The summed E-state index contributed by atoms with van der Waals surface area (Å²) in [4.78, 5) is 10.8. The number of carbonyl (C=O) groups is 1. The molecule has 0 spiro atoms. The second-order valence-electron chi connectivity index (χ2n) is 4.70. The molecule has 0 unspecified atom stereocenters. The van der Waals surface area contributed by atoms with E-state index in [1.165, 1.54) is 5.56 Å². The van der Waals surface area contributed by atoms with Gasteiger partial charge in [0, 0.05) is 0 Å². The number of urea groups is 1. The van der Waals surface area contributed by atoms with Crippen LogP contribution in [0.2, 0.25) is 0 Å². The predicted molar refractivity (Wildman–Crippen MR) is 66.6 cm³/mol. The fraction of sp³-hybridized carbons (Fsp3) is 0.462. The number of rotatable bonds is 4. The number of nitrogens with two attached hydrogens (primary N) is 1. The van der Waals surface area contributed by atoms with Crippen LogP contribution >= 0.6 is 0 Å². The van der Waals surface area contributed by atoms with Crippen LogP contribution in [0.25, 0.3) is 0 Å². The Hall–Kier alpha value is -1.55. The Labute approximate surface area is 102 Å². The first-order chi connectivity index (χ1) is 7.91. The van der Waals surface area contributed by atoms with Crippen molar-refractivity contribution >= 4 is 6.03 Å². The summed E-state index contributed by atoms with van der Waals surface area (Å²) in [5.74, 6) is 0.609. The highest BCUT2D eigenvalue weighted by molar-refractivity contribution is 5.71. The molecule has 0 aliphatic heterocycles. The van der Waals surface area contributed by atoms with Crippen LogP contribution in [-0.2, 0) is 6.42 Å². The highest BCUT2D eigenvalue weighted by Gasteiger charge is 2.16. The Morgan fingerprint density at radius 3 is 2.24 bits per heavy atom. The lowest BCUT2D eigenvalue weighted by molar-refractivity contribution is -0.0710. The molecule has 2 amide bonds. The minimum Gasteiger partial charge on any atom is -0.350 e. The van der Waals surface area contributed by atoms with Crippen LogP contribution in [0.4, 0.5) is 4.79 Å². The van der Waals surface area contributed by atoms with Gasteiger partial charge in [-0.25, -0.2) is 4.79 Å². The van der Waals surface area contributed by atoms with Gasteiger partial charge in [-0.2, -0.15) is 5.06 Å². The molecule has 94 valence electrons. The molecule has 0 saturated carbocycles. The van der Waals surface area contributed by atoms with Gasteiger partial charge in [-0.1, -0.05) is 38.1 Å². The van der Waals surface area contributed by atoms with E-state index < -0.39 is 12.1 Å². The number of hydrogen-bond donors (Lipinski definition) is 2. The largest absolute Gasteiger partial charge is 0.350 e. The van der Waals surface area contributed by atoms with E-state index in [1.807, 2.05) is 24.3 Å². The Bertz CT molecular complexity index is 374. The van der Waals surface area contributed by atoms with Gasteiger partial charge in [-0.05, 0) is 30.4 Å². The number of amides is 2. The minimum absolute atomic E-state index is 0.430. The van der Waals surface area contributed by atoms with Gasteiger partial charge >= 0.3 is 6.03 Å². The van der Waals surface area contributed by atoms with Crippen LogP contribution < -0.4 is 5.73 Å². The Morgan fingerprint density at radius 2 is 1.82 bits per heavy atom. The van der Waals surface area contributed by atoms with Gasteiger partial charge < -0.3 is 5.73 Å². The van der Waals surface area contributed by atoms with Crippen molar-refractivity contribution in [3.63, 3.8) is 0 Å². The number of hydrogen-bond acceptors (Lipinski definition) is 2. The minimum atomic E-state index is -0.844. The molecule has 1 aromatic rings. The van der Waals surface area contributed by atoms with Gasteiger partial charge in [-0.15, -0.1) is 0 Å². The van der Waals surface area contributed by atoms with Crippen LogP contribution in [0.1, 0.15) is 37.9 Å². The number of nitrogens with zero attached hydrogens (tertiary/aromatic N) is 1. The molecule has 1 rings (SSSR count). The van der Waals surface area contributed by atoms with E-state index in [1.54, 1.807) is 6.92 Å². The molecule has 0 aliphatic carbocycles. The van der Waals surface area contributed by atoms with Gasteiger partial charge in [0.25, 0.3) is 0 Å². The SMILES string of the molecule is CC(C)Cc1ccc([C@@H](C)N(O)C(N)=O)cc1. The lowest BCUT2D eigenvalue weighted by atomic mass is 10.00. The molecule has 1 atom stereocenters. The molecular formula is C13H20N2O2. The van der Waals surface area contributed by atoms with E-state index in [9.17, 15) is 10.0 Å². The van der Waals surface area contributed by atoms with Crippen molar-refractivity contribution < 1.29 is 10.0 Å². The molecule has 0 saturated heterocycles. The lowest BCUT2D eigenvalue weighted by Gasteiger charge is -2.21. The quantitative estimate of drug-likeness (QED) is 0.623. The van der Waals surface area contributed by atoms with Crippen LogP contribution in [0.15, 0.2) is 24.3 Å². The summed E-state index contributed by atoms with van der Waals surface area (Å²) in [5, 5.41) is 9.96. The van der Waals surface area contributed by atoms with E-state index in [4.69, 9.17) is 5.73 Å². The summed E-state index contributed by atoms with van der Waals surface area (Å²) < 4.78 is 0. The van der Waals surface area contributed by atoms with E-state index in [-0.39, 0.29) is 0 Å². The molecule has 4 heteroatoms. The second kappa shape index (κ2) is 5.68. The van der Waals surface area contributed by atoms with Crippen molar-refractivity contribution in [3.8, 4) is 0 Å². The molecule has 0 aromatic heterocycles. The van der Waals surface area contributed by atoms with Gasteiger partial charge in [0.1, 0.15) is 0 Å². The first-order valence-electron chi connectivity index (χ1n) is 5.78. The van der Waals surface area contributed by atoms with Gasteiger partial charge in [0.15, 0.2) is 0 Å². The fourth-order valence-electron chi connectivity index (χ4n) is 1.74. The van der Waals surface area contributed by atoms with Gasteiger partial charge in [0.2, 0.25) is 0 Å². The van der Waals surface area contributed by atoms with Crippen molar-refractivity contribution in [3.05, 3.63) is 35.4 Å². The molecule has 0 heterocycles. The zero-order chi connectivity index (χ0) is 13.0. The summed E-state index contributed by atoms with van der Waals surface area (Å²) in [5.41, 5.74) is 7.12. The van der Waals surface area contributed by atoms with Crippen molar-refractivity contribution in [2.45, 2.75) is 33.2 Å². The summed E-state index contributed by atoms with van der Waals surface area (Å²) in [6.45, 7) is 6.06. The Morgan fingerprint density at radius 1 is 1.29 bits per heavy atom. The third-order valence-corrected chi connectivity index (χ3v) is 2.70. The molecule has 17 heavy (non-hydrogen) atoms. The average Bonchev–Trinajstić information content (AvgIpc) is 2.27. The zero-order valence-electron chi connectivity index (χ0n) is 10.6. The van der Waals surface area contributed by atoms with E-state index >= 15 is 0 Å². The van der Waals surface area contributed by atoms with Crippen molar-refractivity contribution in [1.82, 2.24) is 5.06 Å². The predicted octanol–water partition coefficient (Wildman–Crippen LogP) is 2.72. The maximum Gasteiger partial charge on any atom is 0.339 e.